The number of nitrogens with one attached hydrogen (secondary N) is 3. The normalized spacial score (nSPS) is 7.78. The fraction of sp³-hybridized carbons (Fsp3) is 0.700. The topological polar surface area (TPSA) is 135 Å². The lowest BCUT2D eigenvalue weighted by molar-refractivity contribution is -0.138. The zero-order chi connectivity index (χ0) is 25.2. The third kappa shape index (κ3) is 77.8. The van der Waals surface area contributed by atoms with Crippen LogP contribution < -0.4 is 21.7 Å². The van der Waals surface area contributed by atoms with E-state index in [1.807, 2.05) is 19.0 Å². The first-order valence-corrected chi connectivity index (χ1v) is 14.2. The molecule has 0 fully saturated rings. The summed E-state index contributed by atoms with van der Waals surface area (Å²) in [6, 6.07) is 2.05. The molecule has 12 heteroatoms. The molecule has 0 atom stereocenters. The standard InChI is InChI=1S/C8H14N2O2.C6H13NO3.C3H5N.CH2I2.CH3I.CH4/c1-3-10-8(11)4-6-12-7-5-9-2;1-7-3-5-10-4-2-6(8)9;1-2-3-4;2-1-3;1-2;/h1,9H,4-7H2,2H3,(H,10,11);7H,2-5H2,1H3,(H,8,9);1H,3-4H2;1H2;1H3;1H4. The van der Waals surface area contributed by atoms with Gasteiger partial charge in [-0.05, 0) is 19.0 Å². The zero-order valence-corrected chi connectivity index (χ0v) is 25.0. The van der Waals surface area contributed by atoms with Crippen molar-refractivity contribution < 1.29 is 24.2 Å². The van der Waals surface area contributed by atoms with Crippen LogP contribution in [0.5, 0.6) is 0 Å². The second kappa shape index (κ2) is 52.8. The number of ether oxygens (including phenoxy) is 2. The van der Waals surface area contributed by atoms with Crippen LogP contribution in [0.4, 0.5) is 0 Å². The molecule has 0 radical (unpaired) electrons. The Morgan fingerprint density at radius 1 is 0.969 bits per heavy atom. The summed E-state index contributed by atoms with van der Waals surface area (Å²) in [5.41, 5.74) is 4.79. The highest BCUT2D eigenvalue weighted by molar-refractivity contribution is 14.2. The predicted molar refractivity (Wildman–Crippen MR) is 161 cm³/mol. The molecule has 1 amide bonds. The van der Waals surface area contributed by atoms with E-state index < -0.39 is 5.97 Å². The van der Waals surface area contributed by atoms with Crippen LogP contribution >= 0.6 is 67.8 Å². The maximum absolute atomic E-state index is 10.7. The van der Waals surface area contributed by atoms with Gasteiger partial charge >= 0.3 is 5.97 Å². The largest absolute Gasteiger partial charge is 0.481 e. The highest BCUT2D eigenvalue weighted by atomic mass is 127. The third-order valence-electron chi connectivity index (χ3n) is 2.26. The van der Waals surface area contributed by atoms with Crippen LogP contribution in [-0.4, -0.2) is 84.5 Å². The molecule has 32 heavy (non-hydrogen) atoms. The summed E-state index contributed by atoms with van der Waals surface area (Å²) in [6.07, 6.45) is 9.90. The van der Waals surface area contributed by atoms with Gasteiger partial charge in [0.2, 0.25) is 5.91 Å². The maximum Gasteiger partial charge on any atom is 0.305 e. The Morgan fingerprint density at radius 2 is 1.34 bits per heavy atom. The number of aliphatic carboxylic acids is 1. The molecule has 192 valence electrons. The summed E-state index contributed by atoms with van der Waals surface area (Å²) < 4.78 is 11.2. The van der Waals surface area contributed by atoms with Gasteiger partial charge in [0.25, 0.3) is 0 Å². The highest BCUT2D eigenvalue weighted by Crippen LogP contribution is 1.86. The van der Waals surface area contributed by atoms with Crippen LogP contribution in [0.2, 0.25) is 0 Å². The molecule has 0 aliphatic rings. The number of hydrogen-bond acceptors (Lipinski definition) is 7. The molecule has 6 N–H and O–H groups in total. The van der Waals surface area contributed by atoms with Crippen molar-refractivity contribution in [3.8, 4) is 24.8 Å². The minimum absolute atomic E-state index is 0. The molecule has 0 rings (SSSR count). The van der Waals surface area contributed by atoms with Crippen molar-refractivity contribution in [2.75, 3.05) is 67.5 Å². The average Bonchev–Trinajstić information content (AvgIpc) is 2.76. The number of rotatable bonds is 12. The van der Waals surface area contributed by atoms with E-state index in [1.165, 1.54) is 2.43 Å². The number of hydrogen-bond donors (Lipinski definition) is 5. The second-order valence-corrected chi connectivity index (χ2v) is 8.97. The van der Waals surface area contributed by atoms with E-state index >= 15 is 0 Å². The van der Waals surface area contributed by atoms with Crippen molar-refractivity contribution >= 4 is 79.6 Å². The number of halogens is 3. The van der Waals surface area contributed by atoms with Crippen LogP contribution in [-0.2, 0) is 19.1 Å². The SMILES string of the molecule is C.C#CCN.C#CNC(=O)CCOCCNC.CI.CNCCOCCC(=O)O.ICI. The lowest BCUT2D eigenvalue weighted by atomic mass is 10.4. The first kappa shape index (κ1) is 45.5. The minimum atomic E-state index is -0.815. The van der Waals surface area contributed by atoms with E-state index in [4.69, 9.17) is 26.7 Å². The van der Waals surface area contributed by atoms with E-state index in [2.05, 4.69) is 102 Å². The van der Waals surface area contributed by atoms with E-state index in [0.717, 1.165) is 13.1 Å². The van der Waals surface area contributed by atoms with Gasteiger partial charge in [0.05, 0.1) is 48.2 Å². The van der Waals surface area contributed by atoms with E-state index in [1.54, 1.807) is 0 Å². The van der Waals surface area contributed by atoms with Crippen molar-refractivity contribution in [2.45, 2.75) is 20.3 Å². The summed E-state index contributed by atoms with van der Waals surface area (Å²) in [7, 11) is 3.66. The summed E-state index contributed by atoms with van der Waals surface area (Å²) in [5, 5.41) is 16.2. The number of amides is 1. The van der Waals surface area contributed by atoms with Gasteiger partial charge in [0.15, 0.2) is 0 Å². The van der Waals surface area contributed by atoms with Crippen LogP contribution in [0.25, 0.3) is 0 Å². The molecule has 0 aromatic carbocycles. The number of alkyl halides is 3. The molecule has 0 bridgehead atoms. The Labute approximate surface area is 236 Å². The Bertz CT molecular complexity index is 434. The molecule has 0 aliphatic carbocycles. The maximum atomic E-state index is 10.7. The Morgan fingerprint density at radius 3 is 1.62 bits per heavy atom. The van der Waals surface area contributed by atoms with Gasteiger partial charge in [-0.2, -0.15) is 0 Å². The monoisotopic (exact) mass is 798 g/mol. The van der Waals surface area contributed by atoms with Gasteiger partial charge in [-0.25, -0.2) is 0 Å². The molecule has 0 aliphatic heterocycles. The van der Waals surface area contributed by atoms with Gasteiger partial charge in [0.1, 0.15) is 0 Å². The summed E-state index contributed by atoms with van der Waals surface area (Å²) >= 11 is 6.70. The molecular weight excluding hydrogens is 757 g/mol. The van der Waals surface area contributed by atoms with Crippen LogP contribution in [0, 0.1) is 24.8 Å². The van der Waals surface area contributed by atoms with Crippen LogP contribution in [0.1, 0.15) is 20.3 Å². The van der Waals surface area contributed by atoms with Crippen LogP contribution in [0.3, 0.4) is 0 Å². The number of terminal acetylenes is 2. The molecule has 9 nitrogen and oxygen atoms in total. The van der Waals surface area contributed by atoms with Crippen molar-refractivity contribution in [1.29, 1.82) is 0 Å². The molecule has 0 saturated carbocycles. The average molecular weight is 798 g/mol. The molecule has 0 unspecified atom stereocenters. The summed E-state index contributed by atoms with van der Waals surface area (Å²) in [4.78, 5) is 22.6. The van der Waals surface area contributed by atoms with Gasteiger partial charge in [-0.3, -0.25) is 14.9 Å². The Balaban J connectivity index is -0.0000000760. The molecule has 0 spiro atoms. The van der Waals surface area contributed by atoms with Gasteiger partial charge in [0, 0.05) is 19.1 Å². The Kier molecular flexibility index (Phi) is 75.1. The zero-order valence-electron chi connectivity index (χ0n) is 18.5. The fourth-order valence-corrected chi connectivity index (χ4v) is 1.02. The predicted octanol–water partition coefficient (Wildman–Crippen LogP) is 2.10. The smallest absolute Gasteiger partial charge is 0.305 e. The van der Waals surface area contributed by atoms with Crippen molar-refractivity contribution in [1.82, 2.24) is 16.0 Å². The molecule has 0 aromatic heterocycles. The number of likely N-dealkylation sites (N-methyl/N-ethyl adjacent to an activating group) is 2. The van der Waals surface area contributed by atoms with Crippen LogP contribution in [0.15, 0.2) is 0 Å². The second-order valence-electron chi connectivity index (χ2n) is 4.53. The molecular formula is C20H41I3N4O5. The molecule has 0 aromatic rings. The van der Waals surface area contributed by atoms with Crippen molar-refractivity contribution in [3.63, 3.8) is 0 Å². The number of carbonyl (C=O) groups is 2. The minimum Gasteiger partial charge on any atom is -0.481 e. The lowest BCUT2D eigenvalue weighted by Gasteiger charge is -2.01. The summed E-state index contributed by atoms with van der Waals surface area (Å²) in [6.45, 7) is 3.80. The first-order chi connectivity index (χ1) is 14.9. The van der Waals surface area contributed by atoms with Crippen molar-refractivity contribution in [2.24, 2.45) is 5.73 Å². The number of carboxylic acid groups (broad SMARTS) is 1. The van der Waals surface area contributed by atoms with E-state index in [-0.39, 0.29) is 19.8 Å². The summed E-state index contributed by atoms with van der Waals surface area (Å²) in [5.74, 6) is 1.21. The van der Waals surface area contributed by atoms with E-state index in [9.17, 15) is 9.59 Å². The molecule has 0 heterocycles. The molecule has 0 saturated heterocycles. The lowest BCUT2D eigenvalue weighted by Crippen LogP contribution is -2.20. The fourth-order valence-electron chi connectivity index (χ4n) is 1.02. The Hall–Kier alpha value is 0.0500. The number of carboxylic acids is 1. The van der Waals surface area contributed by atoms with E-state index in [0.29, 0.717) is 39.4 Å². The van der Waals surface area contributed by atoms with Crippen molar-refractivity contribution in [3.05, 3.63) is 0 Å². The number of nitrogens with two attached hydrogens (primary N) is 1. The quantitative estimate of drug-likeness (QED) is 0.0668. The number of carbonyl (C=O) groups excluding carboxylic acids is 1. The third-order valence-corrected chi connectivity index (χ3v) is 2.26. The first-order valence-electron chi connectivity index (χ1n) is 8.95. The van der Waals surface area contributed by atoms with Gasteiger partial charge in [-0.1, -0.05) is 87.5 Å². The highest BCUT2D eigenvalue weighted by Gasteiger charge is 1.97. The van der Waals surface area contributed by atoms with Gasteiger partial charge < -0.3 is 30.9 Å². The van der Waals surface area contributed by atoms with Gasteiger partial charge in [-0.15, -0.1) is 6.42 Å².